The van der Waals surface area contributed by atoms with Gasteiger partial charge >= 0.3 is 0 Å². The molecular weight excluding hydrogens is 328 g/mol. The Balaban J connectivity index is 1.37. The lowest BCUT2D eigenvalue weighted by atomic mass is 9.68. The van der Waals surface area contributed by atoms with Gasteiger partial charge in [0.15, 0.2) is 0 Å². The summed E-state index contributed by atoms with van der Waals surface area (Å²) >= 11 is 5.74. The van der Waals surface area contributed by atoms with E-state index in [1.165, 1.54) is 69.8 Å². The van der Waals surface area contributed by atoms with E-state index in [2.05, 4.69) is 30.3 Å². The van der Waals surface area contributed by atoms with Crippen LogP contribution in [0.15, 0.2) is 35.9 Å². The van der Waals surface area contributed by atoms with Crippen LogP contribution < -0.4 is 4.74 Å². The Morgan fingerprint density at radius 3 is 2.08 bits per heavy atom. The van der Waals surface area contributed by atoms with E-state index in [1.54, 1.807) is 12.6 Å². The smallest absolute Gasteiger partial charge is 0.118 e. The molecule has 1 aromatic rings. The third-order valence-corrected chi connectivity index (χ3v) is 6.87. The molecule has 1 nitrogen and oxygen atoms in total. The minimum Gasteiger partial charge on any atom is -0.497 e. The molecule has 138 valence electrons. The molecule has 0 amide bonds. The van der Waals surface area contributed by atoms with Gasteiger partial charge in [0.2, 0.25) is 0 Å². The summed E-state index contributed by atoms with van der Waals surface area (Å²) in [5.41, 5.74) is 3.17. The van der Waals surface area contributed by atoms with E-state index in [0.29, 0.717) is 0 Å². The van der Waals surface area contributed by atoms with Gasteiger partial charge in [0, 0.05) is 5.54 Å². The van der Waals surface area contributed by atoms with Crippen LogP contribution in [0.1, 0.15) is 63.4 Å². The average molecular weight is 361 g/mol. The fourth-order valence-corrected chi connectivity index (χ4v) is 5.23. The van der Waals surface area contributed by atoms with Crippen molar-refractivity contribution >= 4 is 11.6 Å². The molecule has 0 heterocycles. The van der Waals surface area contributed by atoms with E-state index < -0.39 is 0 Å². The summed E-state index contributed by atoms with van der Waals surface area (Å²) in [6.45, 7) is 0. The first-order chi connectivity index (χ1) is 12.3. The van der Waals surface area contributed by atoms with Gasteiger partial charge in [-0.2, -0.15) is 0 Å². The van der Waals surface area contributed by atoms with Crippen LogP contribution in [0.25, 0.3) is 0 Å². The quantitative estimate of drug-likeness (QED) is 0.531. The van der Waals surface area contributed by atoms with Gasteiger partial charge in [-0.3, -0.25) is 0 Å². The predicted octanol–water partition coefficient (Wildman–Crippen LogP) is 6.99. The highest BCUT2D eigenvalue weighted by Crippen LogP contribution is 2.42. The number of allylic oxidation sites excluding steroid dienone is 1. The monoisotopic (exact) mass is 360 g/mol. The molecule has 0 radical (unpaired) electrons. The van der Waals surface area contributed by atoms with E-state index in [0.717, 1.165) is 29.4 Å². The molecule has 0 N–H and O–H groups in total. The summed E-state index contributed by atoms with van der Waals surface area (Å²) in [6.07, 6.45) is 16.2. The Morgan fingerprint density at radius 1 is 0.920 bits per heavy atom. The van der Waals surface area contributed by atoms with Crippen molar-refractivity contribution in [2.75, 3.05) is 7.11 Å². The normalized spacial score (nSPS) is 30.5. The molecule has 0 bridgehead atoms. The number of ether oxygens (including phenoxy) is 1. The maximum absolute atomic E-state index is 5.74. The lowest BCUT2D eigenvalue weighted by molar-refractivity contribution is 0.153. The Kier molecular flexibility index (Phi) is 7.28. The number of aryl methyl sites for hydroxylation is 1. The van der Waals surface area contributed by atoms with Crippen LogP contribution in [0.2, 0.25) is 0 Å². The number of benzene rings is 1. The first-order valence-corrected chi connectivity index (χ1v) is 10.6. The second-order valence-corrected chi connectivity index (χ2v) is 8.41. The Hall–Kier alpha value is -0.950. The van der Waals surface area contributed by atoms with Crippen LogP contribution in [0.5, 0.6) is 5.75 Å². The molecule has 25 heavy (non-hydrogen) atoms. The van der Waals surface area contributed by atoms with E-state index in [1.807, 2.05) is 0 Å². The van der Waals surface area contributed by atoms with E-state index in [4.69, 9.17) is 16.3 Å². The molecule has 0 unspecified atom stereocenters. The van der Waals surface area contributed by atoms with Crippen LogP contribution in [-0.4, -0.2) is 7.11 Å². The number of halogens is 1. The maximum Gasteiger partial charge on any atom is 0.118 e. The summed E-state index contributed by atoms with van der Waals surface area (Å²) in [4.78, 5) is 0. The van der Waals surface area contributed by atoms with Crippen LogP contribution in [0, 0.1) is 23.7 Å². The first kappa shape index (κ1) is 18.8. The van der Waals surface area contributed by atoms with Crippen LogP contribution >= 0.6 is 11.6 Å². The average Bonchev–Trinajstić information content (AvgIpc) is 2.68. The molecule has 0 aliphatic heterocycles. The van der Waals surface area contributed by atoms with Crippen molar-refractivity contribution in [1.82, 2.24) is 0 Å². The van der Waals surface area contributed by atoms with Gasteiger partial charge in [-0.1, -0.05) is 42.7 Å². The predicted molar refractivity (Wildman–Crippen MR) is 107 cm³/mol. The van der Waals surface area contributed by atoms with Crippen molar-refractivity contribution in [3.8, 4) is 5.75 Å². The van der Waals surface area contributed by atoms with Crippen molar-refractivity contribution < 1.29 is 4.74 Å². The minimum atomic E-state index is 0.745. The summed E-state index contributed by atoms with van der Waals surface area (Å²) in [7, 11) is 1.73. The number of rotatable bonds is 6. The van der Waals surface area contributed by atoms with Crippen molar-refractivity contribution in [1.29, 1.82) is 0 Å². The summed E-state index contributed by atoms with van der Waals surface area (Å²) in [6, 6.07) is 8.61. The third-order valence-electron chi connectivity index (χ3n) is 6.72. The fraction of sp³-hybridized carbons (Fsp3) is 0.652. The molecule has 0 atom stereocenters. The van der Waals surface area contributed by atoms with E-state index in [-0.39, 0.29) is 0 Å². The zero-order valence-corrected chi connectivity index (χ0v) is 16.4. The second kappa shape index (κ2) is 9.67. The van der Waals surface area contributed by atoms with E-state index in [9.17, 15) is 0 Å². The van der Waals surface area contributed by atoms with Crippen LogP contribution in [0.4, 0.5) is 0 Å². The van der Waals surface area contributed by atoms with Crippen LogP contribution in [0.3, 0.4) is 0 Å². The Labute approximate surface area is 158 Å². The van der Waals surface area contributed by atoms with Gasteiger partial charge in [-0.15, -0.1) is 0 Å². The molecule has 2 saturated carbocycles. The Morgan fingerprint density at radius 2 is 1.52 bits per heavy atom. The van der Waals surface area contributed by atoms with Crippen molar-refractivity contribution in [3.05, 3.63) is 41.4 Å². The number of hydrogen-bond donors (Lipinski definition) is 0. The van der Waals surface area contributed by atoms with E-state index >= 15 is 0 Å². The maximum atomic E-state index is 5.74. The highest BCUT2D eigenvalue weighted by Gasteiger charge is 2.30. The SMILES string of the molecule is COc1ccc(CCC2CCC(C3CCC(C=CCl)CC3)CC2)cc1. The topological polar surface area (TPSA) is 9.23 Å². The molecule has 2 fully saturated rings. The van der Waals surface area contributed by atoms with Crippen molar-refractivity contribution in [2.24, 2.45) is 23.7 Å². The second-order valence-electron chi connectivity index (χ2n) is 8.16. The molecule has 3 rings (SSSR count). The zero-order valence-electron chi connectivity index (χ0n) is 15.6. The van der Waals surface area contributed by atoms with Gasteiger partial charge < -0.3 is 4.74 Å². The third kappa shape index (κ3) is 5.51. The Bertz CT molecular complexity index is 520. The molecule has 0 aromatic heterocycles. The molecule has 0 spiro atoms. The summed E-state index contributed by atoms with van der Waals surface area (Å²) in [5.74, 6) is 4.63. The van der Waals surface area contributed by atoms with Crippen LogP contribution in [-0.2, 0) is 6.42 Å². The lowest BCUT2D eigenvalue weighted by Gasteiger charge is -2.37. The van der Waals surface area contributed by atoms with Gasteiger partial charge in [-0.05, 0) is 92.7 Å². The van der Waals surface area contributed by atoms with Crippen molar-refractivity contribution in [3.63, 3.8) is 0 Å². The van der Waals surface area contributed by atoms with Gasteiger partial charge in [0.1, 0.15) is 5.75 Å². The van der Waals surface area contributed by atoms with Gasteiger partial charge in [-0.25, -0.2) is 0 Å². The molecule has 2 aliphatic rings. The molecule has 2 heteroatoms. The highest BCUT2D eigenvalue weighted by atomic mass is 35.5. The van der Waals surface area contributed by atoms with Crippen molar-refractivity contribution in [2.45, 2.75) is 64.2 Å². The molecule has 1 aromatic carbocycles. The summed E-state index contributed by atoms with van der Waals surface area (Å²) < 4.78 is 5.24. The lowest BCUT2D eigenvalue weighted by Crippen LogP contribution is -2.25. The standard InChI is InChI=1S/C23H33ClO/c1-25-23-14-8-19(9-15-23)3-2-18-4-10-21(11-5-18)22-12-6-20(7-13-22)16-17-24/h8-9,14-18,20-22H,2-7,10-13H2,1H3. The summed E-state index contributed by atoms with van der Waals surface area (Å²) in [5, 5.41) is 0. The van der Waals surface area contributed by atoms with Gasteiger partial charge in [0.05, 0.1) is 7.11 Å². The number of hydrogen-bond acceptors (Lipinski definition) is 1. The largest absolute Gasteiger partial charge is 0.497 e. The molecule has 0 saturated heterocycles. The van der Waals surface area contributed by atoms with Gasteiger partial charge in [0.25, 0.3) is 0 Å². The molecule has 2 aliphatic carbocycles. The highest BCUT2D eigenvalue weighted by molar-refractivity contribution is 6.25. The zero-order chi connectivity index (χ0) is 17.5. The fourth-order valence-electron chi connectivity index (χ4n) is 5.02. The number of methoxy groups -OCH3 is 1. The first-order valence-electron chi connectivity index (χ1n) is 10.2. The minimum absolute atomic E-state index is 0.745. The molecular formula is C23H33ClO.